The van der Waals surface area contributed by atoms with E-state index >= 15 is 0 Å². The fourth-order valence-corrected chi connectivity index (χ4v) is 1.75. The van der Waals surface area contributed by atoms with Gasteiger partial charge in [-0.15, -0.1) is 0 Å². The highest BCUT2D eigenvalue weighted by Crippen LogP contribution is 2.21. The van der Waals surface area contributed by atoms with Gasteiger partial charge in [0, 0.05) is 12.1 Å². The number of halogens is 1. The highest BCUT2D eigenvalue weighted by Gasteiger charge is 2.05. The van der Waals surface area contributed by atoms with E-state index < -0.39 is 5.82 Å². The number of nitrogens with zero attached hydrogens (tertiary/aromatic N) is 2. The minimum atomic E-state index is -0.428. The number of rotatable bonds is 4. The summed E-state index contributed by atoms with van der Waals surface area (Å²) in [5.74, 6) is 0.324. The number of nitrogens with one attached hydrogen (secondary N) is 1. The number of nitriles is 1. The lowest BCUT2D eigenvalue weighted by Gasteiger charge is -2.07. The predicted octanol–water partition coefficient (Wildman–Crippen LogP) is 3.58. The van der Waals surface area contributed by atoms with Crippen LogP contribution in [0.15, 0.2) is 36.4 Å². The van der Waals surface area contributed by atoms with Crippen LogP contribution in [0.3, 0.4) is 0 Å². The molecule has 0 aliphatic rings. The van der Waals surface area contributed by atoms with Crippen LogP contribution in [0.25, 0.3) is 11.3 Å². The first-order valence-electron chi connectivity index (χ1n) is 6.15. The summed E-state index contributed by atoms with van der Waals surface area (Å²) in [7, 11) is 0. The average molecular weight is 255 g/mol. The van der Waals surface area contributed by atoms with Crippen LogP contribution in [0.2, 0.25) is 0 Å². The Kier molecular flexibility index (Phi) is 4.09. The molecule has 96 valence electrons. The molecule has 3 nitrogen and oxygen atoms in total. The van der Waals surface area contributed by atoms with Gasteiger partial charge < -0.3 is 5.32 Å². The molecule has 0 amide bonds. The molecule has 1 aromatic carbocycles. The van der Waals surface area contributed by atoms with Crippen LogP contribution >= 0.6 is 0 Å². The van der Waals surface area contributed by atoms with Gasteiger partial charge in [-0.05, 0) is 36.8 Å². The first kappa shape index (κ1) is 13.0. The first-order chi connectivity index (χ1) is 9.22. The maximum atomic E-state index is 13.4. The van der Waals surface area contributed by atoms with E-state index in [9.17, 15) is 4.39 Å². The zero-order valence-corrected chi connectivity index (χ0v) is 10.7. The number of pyridine rings is 1. The van der Waals surface area contributed by atoms with E-state index in [1.54, 1.807) is 12.1 Å². The van der Waals surface area contributed by atoms with Crippen molar-refractivity contribution in [3.8, 4) is 17.3 Å². The Labute approximate surface area is 111 Å². The Balaban J connectivity index is 2.36. The molecule has 1 aromatic heterocycles. The third-order valence-electron chi connectivity index (χ3n) is 2.63. The minimum Gasteiger partial charge on any atom is -0.370 e. The highest BCUT2D eigenvalue weighted by molar-refractivity contribution is 5.63. The van der Waals surface area contributed by atoms with Gasteiger partial charge in [0.1, 0.15) is 11.6 Å². The Morgan fingerprint density at radius 3 is 2.89 bits per heavy atom. The molecule has 0 radical (unpaired) electrons. The van der Waals surface area contributed by atoms with Crippen molar-refractivity contribution in [3.63, 3.8) is 0 Å². The molecule has 0 saturated carbocycles. The quantitative estimate of drug-likeness (QED) is 0.908. The van der Waals surface area contributed by atoms with Crippen LogP contribution in [-0.2, 0) is 0 Å². The van der Waals surface area contributed by atoms with Gasteiger partial charge in [-0.25, -0.2) is 9.37 Å². The SMILES string of the molecule is CCCNc1cccc(-c2cc(F)cc(C#N)c2)n1. The van der Waals surface area contributed by atoms with Gasteiger partial charge in [-0.2, -0.15) is 5.26 Å². The fourth-order valence-electron chi connectivity index (χ4n) is 1.75. The largest absolute Gasteiger partial charge is 0.370 e. The summed E-state index contributed by atoms with van der Waals surface area (Å²) in [6, 6.07) is 11.7. The van der Waals surface area contributed by atoms with Crippen LogP contribution < -0.4 is 5.32 Å². The van der Waals surface area contributed by atoms with E-state index in [0.29, 0.717) is 16.8 Å². The van der Waals surface area contributed by atoms with E-state index in [1.807, 2.05) is 18.2 Å². The normalized spacial score (nSPS) is 9.95. The van der Waals surface area contributed by atoms with E-state index in [0.717, 1.165) is 18.8 Å². The van der Waals surface area contributed by atoms with Gasteiger partial charge in [0.2, 0.25) is 0 Å². The number of benzene rings is 1. The number of hydrogen-bond donors (Lipinski definition) is 1. The Morgan fingerprint density at radius 1 is 1.32 bits per heavy atom. The van der Waals surface area contributed by atoms with Gasteiger partial charge in [-0.1, -0.05) is 13.0 Å². The average Bonchev–Trinajstić information content (AvgIpc) is 2.44. The third-order valence-corrected chi connectivity index (χ3v) is 2.63. The summed E-state index contributed by atoms with van der Waals surface area (Å²) >= 11 is 0. The third kappa shape index (κ3) is 3.29. The van der Waals surface area contributed by atoms with Crippen molar-refractivity contribution in [1.82, 2.24) is 4.98 Å². The molecular formula is C15H14FN3. The highest BCUT2D eigenvalue weighted by atomic mass is 19.1. The predicted molar refractivity (Wildman–Crippen MR) is 73.1 cm³/mol. The number of aromatic nitrogens is 1. The summed E-state index contributed by atoms with van der Waals surface area (Å²) in [5, 5.41) is 12.0. The van der Waals surface area contributed by atoms with E-state index in [-0.39, 0.29) is 0 Å². The zero-order chi connectivity index (χ0) is 13.7. The molecule has 0 aliphatic carbocycles. The number of anilines is 1. The van der Waals surface area contributed by atoms with Crippen molar-refractivity contribution in [1.29, 1.82) is 5.26 Å². The van der Waals surface area contributed by atoms with Gasteiger partial charge in [-0.3, -0.25) is 0 Å². The lowest BCUT2D eigenvalue weighted by Crippen LogP contribution is -2.02. The monoisotopic (exact) mass is 255 g/mol. The van der Waals surface area contributed by atoms with Crippen LogP contribution in [0.4, 0.5) is 10.2 Å². The summed E-state index contributed by atoms with van der Waals surface area (Å²) in [4.78, 5) is 4.41. The summed E-state index contributed by atoms with van der Waals surface area (Å²) in [6.45, 7) is 2.91. The Morgan fingerprint density at radius 2 is 2.16 bits per heavy atom. The molecule has 0 saturated heterocycles. The van der Waals surface area contributed by atoms with Crippen LogP contribution in [-0.4, -0.2) is 11.5 Å². The summed E-state index contributed by atoms with van der Waals surface area (Å²) < 4.78 is 13.4. The molecule has 2 rings (SSSR count). The van der Waals surface area contributed by atoms with Gasteiger partial charge >= 0.3 is 0 Å². The lowest BCUT2D eigenvalue weighted by molar-refractivity contribution is 0.628. The molecule has 2 aromatic rings. The van der Waals surface area contributed by atoms with E-state index in [2.05, 4.69) is 17.2 Å². The molecule has 19 heavy (non-hydrogen) atoms. The standard InChI is InChI=1S/C15H14FN3/c1-2-6-18-15-5-3-4-14(19-15)12-7-11(10-17)8-13(16)9-12/h3-5,7-9H,2,6H2,1H3,(H,18,19). The smallest absolute Gasteiger partial charge is 0.126 e. The molecule has 0 bridgehead atoms. The summed E-state index contributed by atoms with van der Waals surface area (Å²) in [5.41, 5.74) is 1.55. The topological polar surface area (TPSA) is 48.7 Å². The number of hydrogen-bond acceptors (Lipinski definition) is 3. The zero-order valence-electron chi connectivity index (χ0n) is 10.7. The second-order valence-electron chi connectivity index (χ2n) is 4.18. The molecule has 0 fully saturated rings. The second kappa shape index (κ2) is 5.96. The van der Waals surface area contributed by atoms with Crippen molar-refractivity contribution in [2.24, 2.45) is 0 Å². The van der Waals surface area contributed by atoms with E-state index in [4.69, 9.17) is 5.26 Å². The molecule has 0 atom stereocenters. The lowest BCUT2D eigenvalue weighted by atomic mass is 10.1. The Bertz CT molecular complexity index is 617. The second-order valence-corrected chi connectivity index (χ2v) is 4.18. The van der Waals surface area contributed by atoms with Crippen LogP contribution in [0.5, 0.6) is 0 Å². The maximum absolute atomic E-state index is 13.4. The van der Waals surface area contributed by atoms with Crippen LogP contribution in [0.1, 0.15) is 18.9 Å². The maximum Gasteiger partial charge on any atom is 0.126 e. The van der Waals surface area contributed by atoms with Crippen LogP contribution in [0, 0.1) is 17.1 Å². The van der Waals surface area contributed by atoms with E-state index in [1.165, 1.54) is 12.1 Å². The van der Waals surface area contributed by atoms with Gasteiger partial charge in [0.05, 0.1) is 17.3 Å². The van der Waals surface area contributed by atoms with Crippen molar-refractivity contribution in [2.45, 2.75) is 13.3 Å². The Hall–Kier alpha value is -2.41. The molecule has 0 unspecified atom stereocenters. The molecule has 0 spiro atoms. The fraction of sp³-hybridized carbons (Fsp3) is 0.200. The molecular weight excluding hydrogens is 241 g/mol. The van der Waals surface area contributed by atoms with Crippen molar-refractivity contribution in [2.75, 3.05) is 11.9 Å². The molecule has 1 N–H and O–H groups in total. The molecule has 4 heteroatoms. The van der Waals surface area contributed by atoms with Gasteiger partial charge in [0.15, 0.2) is 0 Å². The van der Waals surface area contributed by atoms with Crippen molar-refractivity contribution >= 4 is 5.82 Å². The molecule has 0 aliphatic heterocycles. The van der Waals surface area contributed by atoms with Crippen molar-refractivity contribution < 1.29 is 4.39 Å². The molecule has 1 heterocycles. The summed E-state index contributed by atoms with van der Waals surface area (Å²) in [6.07, 6.45) is 1.00. The minimum absolute atomic E-state index is 0.295. The van der Waals surface area contributed by atoms with Crippen molar-refractivity contribution in [3.05, 3.63) is 47.8 Å². The van der Waals surface area contributed by atoms with Gasteiger partial charge in [0.25, 0.3) is 0 Å². The first-order valence-corrected chi connectivity index (χ1v) is 6.15.